The van der Waals surface area contributed by atoms with Gasteiger partial charge in [-0.1, -0.05) is 29.3 Å². The lowest BCUT2D eigenvalue weighted by atomic mass is 10.1. The molecule has 0 N–H and O–H groups in total. The summed E-state index contributed by atoms with van der Waals surface area (Å²) in [6.45, 7) is 4.52. The first-order valence-electron chi connectivity index (χ1n) is 6.09. The van der Waals surface area contributed by atoms with Gasteiger partial charge in [0.05, 0.1) is 4.90 Å². The fraction of sp³-hybridized carbons (Fsp3) is 0.200. The predicted molar refractivity (Wildman–Crippen MR) is 79.7 cm³/mol. The van der Waals surface area contributed by atoms with E-state index in [0.29, 0.717) is 12.4 Å². The van der Waals surface area contributed by atoms with Crippen molar-refractivity contribution < 1.29 is 13.2 Å². The van der Waals surface area contributed by atoms with E-state index in [4.69, 9.17) is 15.4 Å². The highest BCUT2D eigenvalue weighted by Gasteiger charge is 2.09. The standard InChI is InChI=1S/C15H15ClO3S/c1-11-7-12(2)9-13(8-11)10-19-14-3-5-15(6-4-14)20(16,17)18/h3-9H,10H2,1-2H3. The van der Waals surface area contributed by atoms with Crippen molar-refractivity contribution in [3.63, 3.8) is 0 Å². The summed E-state index contributed by atoms with van der Waals surface area (Å²) in [5.74, 6) is 0.605. The Morgan fingerprint density at radius 2 is 1.55 bits per heavy atom. The zero-order valence-electron chi connectivity index (χ0n) is 11.3. The van der Waals surface area contributed by atoms with Crippen LogP contribution in [0.1, 0.15) is 16.7 Å². The van der Waals surface area contributed by atoms with Crippen molar-refractivity contribution >= 4 is 19.7 Å². The molecule has 0 aliphatic rings. The van der Waals surface area contributed by atoms with Crippen molar-refractivity contribution in [3.8, 4) is 5.75 Å². The molecule has 2 rings (SSSR count). The zero-order chi connectivity index (χ0) is 14.8. The predicted octanol–water partition coefficient (Wildman–Crippen LogP) is 3.81. The fourth-order valence-electron chi connectivity index (χ4n) is 2.02. The smallest absolute Gasteiger partial charge is 0.261 e. The summed E-state index contributed by atoms with van der Waals surface area (Å²) in [6, 6.07) is 12.3. The third kappa shape index (κ3) is 3.99. The minimum atomic E-state index is -3.68. The van der Waals surface area contributed by atoms with Crippen LogP contribution in [0, 0.1) is 13.8 Å². The van der Waals surface area contributed by atoms with Gasteiger partial charge in [0, 0.05) is 10.7 Å². The molecule has 0 amide bonds. The third-order valence-corrected chi connectivity index (χ3v) is 4.16. The van der Waals surface area contributed by atoms with Gasteiger partial charge in [-0.25, -0.2) is 8.42 Å². The molecule has 20 heavy (non-hydrogen) atoms. The average Bonchev–Trinajstić information content (AvgIpc) is 2.35. The molecule has 0 aliphatic heterocycles. The van der Waals surface area contributed by atoms with Crippen molar-refractivity contribution in [1.29, 1.82) is 0 Å². The molecule has 0 bridgehead atoms. The first kappa shape index (κ1) is 14.9. The van der Waals surface area contributed by atoms with E-state index in [9.17, 15) is 8.42 Å². The van der Waals surface area contributed by atoms with Gasteiger partial charge in [-0.05, 0) is 43.7 Å². The Morgan fingerprint density at radius 1 is 1.00 bits per heavy atom. The largest absolute Gasteiger partial charge is 0.489 e. The molecule has 3 nitrogen and oxygen atoms in total. The summed E-state index contributed by atoms with van der Waals surface area (Å²) in [4.78, 5) is 0.0675. The van der Waals surface area contributed by atoms with E-state index in [1.165, 1.54) is 23.3 Å². The molecule has 5 heteroatoms. The van der Waals surface area contributed by atoms with Gasteiger partial charge in [0.25, 0.3) is 9.05 Å². The number of rotatable bonds is 4. The number of halogens is 1. The minimum absolute atomic E-state index is 0.0675. The minimum Gasteiger partial charge on any atom is -0.489 e. The Labute approximate surface area is 123 Å². The Morgan fingerprint density at radius 3 is 2.05 bits per heavy atom. The van der Waals surface area contributed by atoms with E-state index in [-0.39, 0.29) is 4.90 Å². The number of aryl methyl sites for hydroxylation is 2. The summed E-state index contributed by atoms with van der Waals surface area (Å²) >= 11 is 0. The number of hydrogen-bond donors (Lipinski definition) is 0. The average molecular weight is 311 g/mol. The number of ether oxygens (including phenoxy) is 1. The van der Waals surface area contributed by atoms with Crippen molar-refractivity contribution in [2.45, 2.75) is 25.3 Å². The van der Waals surface area contributed by atoms with E-state index in [0.717, 1.165) is 5.56 Å². The van der Waals surface area contributed by atoms with Crippen LogP contribution in [0.15, 0.2) is 47.4 Å². The molecule has 2 aromatic carbocycles. The molecular weight excluding hydrogens is 296 g/mol. The number of hydrogen-bond acceptors (Lipinski definition) is 3. The molecule has 0 unspecified atom stereocenters. The Kier molecular flexibility index (Phi) is 4.35. The molecule has 0 saturated heterocycles. The van der Waals surface area contributed by atoms with Gasteiger partial charge < -0.3 is 4.74 Å². The van der Waals surface area contributed by atoms with Crippen molar-refractivity contribution in [1.82, 2.24) is 0 Å². The second-order valence-corrected chi connectivity index (χ2v) is 7.26. The lowest BCUT2D eigenvalue weighted by Gasteiger charge is -2.08. The molecule has 0 fully saturated rings. The summed E-state index contributed by atoms with van der Waals surface area (Å²) in [5, 5.41) is 0. The van der Waals surface area contributed by atoms with Crippen molar-refractivity contribution in [3.05, 3.63) is 59.2 Å². The van der Waals surface area contributed by atoms with E-state index < -0.39 is 9.05 Å². The number of benzene rings is 2. The lowest BCUT2D eigenvalue weighted by molar-refractivity contribution is 0.306. The highest BCUT2D eigenvalue weighted by molar-refractivity contribution is 8.13. The van der Waals surface area contributed by atoms with Crippen molar-refractivity contribution in [2.75, 3.05) is 0 Å². The molecule has 0 radical (unpaired) electrons. The molecular formula is C15H15ClO3S. The van der Waals surface area contributed by atoms with Gasteiger partial charge in [-0.3, -0.25) is 0 Å². The fourth-order valence-corrected chi connectivity index (χ4v) is 2.79. The maximum absolute atomic E-state index is 11.1. The van der Waals surface area contributed by atoms with Crippen LogP contribution in [0.25, 0.3) is 0 Å². The highest BCUT2D eigenvalue weighted by atomic mass is 35.7. The Balaban J connectivity index is 2.07. The Bertz CT molecular complexity index is 686. The summed E-state index contributed by atoms with van der Waals surface area (Å²) in [5.41, 5.74) is 3.45. The molecule has 0 atom stereocenters. The molecule has 2 aromatic rings. The quantitative estimate of drug-likeness (QED) is 0.807. The van der Waals surface area contributed by atoms with Gasteiger partial charge in [-0.15, -0.1) is 0 Å². The third-order valence-electron chi connectivity index (χ3n) is 2.79. The van der Waals surface area contributed by atoms with E-state index in [1.54, 1.807) is 12.1 Å². The molecule has 0 heterocycles. The van der Waals surface area contributed by atoms with Crippen LogP contribution in [0.5, 0.6) is 5.75 Å². The van der Waals surface area contributed by atoms with Gasteiger partial charge in [-0.2, -0.15) is 0 Å². The van der Waals surface area contributed by atoms with E-state index in [1.807, 2.05) is 13.8 Å². The topological polar surface area (TPSA) is 43.4 Å². The maximum atomic E-state index is 11.1. The van der Waals surface area contributed by atoms with Gasteiger partial charge in [0.2, 0.25) is 0 Å². The lowest BCUT2D eigenvalue weighted by Crippen LogP contribution is -1.97. The van der Waals surface area contributed by atoms with Crippen LogP contribution in [0.3, 0.4) is 0 Å². The van der Waals surface area contributed by atoms with Crippen molar-refractivity contribution in [2.24, 2.45) is 0 Å². The second-order valence-electron chi connectivity index (χ2n) is 4.69. The Hall–Kier alpha value is -1.52. The van der Waals surface area contributed by atoms with Crippen LogP contribution in [0.4, 0.5) is 0 Å². The van der Waals surface area contributed by atoms with Gasteiger partial charge in [0.15, 0.2) is 0 Å². The van der Waals surface area contributed by atoms with E-state index in [2.05, 4.69) is 18.2 Å². The first-order valence-corrected chi connectivity index (χ1v) is 8.40. The molecule has 0 aliphatic carbocycles. The maximum Gasteiger partial charge on any atom is 0.261 e. The highest BCUT2D eigenvalue weighted by Crippen LogP contribution is 2.20. The van der Waals surface area contributed by atoms with E-state index >= 15 is 0 Å². The molecule has 0 saturated carbocycles. The molecule has 106 valence electrons. The van der Waals surface area contributed by atoms with Gasteiger partial charge in [0.1, 0.15) is 12.4 Å². The van der Waals surface area contributed by atoms with Crippen LogP contribution >= 0.6 is 10.7 Å². The monoisotopic (exact) mass is 310 g/mol. The van der Waals surface area contributed by atoms with Crippen LogP contribution in [-0.4, -0.2) is 8.42 Å². The van der Waals surface area contributed by atoms with Gasteiger partial charge >= 0.3 is 0 Å². The van der Waals surface area contributed by atoms with Crippen LogP contribution < -0.4 is 4.74 Å². The summed E-state index contributed by atoms with van der Waals surface area (Å²) in [6.07, 6.45) is 0. The van der Waals surface area contributed by atoms with Crippen LogP contribution in [0.2, 0.25) is 0 Å². The van der Waals surface area contributed by atoms with Crippen LogP contribution in [-0.2, 0) is 15.7 Å². The first-order chi connectivity index (χ1) is 9.34. The summed E-state index contributed by atoms with van der Waals surface area (Å²) in [7, 11) is 1.57. The summed E-state index contributed by atoms with van der Waals surface area (Å²) < 4.78 is 27.9. The molecule has 0 spiro atoms. The second kappa shape index (κ2) is 5.85. The zero-order valence-corrected chi connectivity index (χ0v) is 12.8. The normalized spacial score (nSPS) is 11.3. The molecule has 0 aromatic heterocycles. The SMILES string of the molecule is Cc1cc(C)cc(COc2ccc(S(=O)(=O)Cl)cc2)c1.